The molecule has 0 aromatic heterocycles. The van der Waals surface area contributed by atoms with E-state index in [-0.39, 0.29) is 24.2 Å². The number of morpholine rings is 1. The van der Waals surface area contributed by atoms with Gasteiger partial charge < -0.3 is 4.74 Å². The minimum atomic E-state index is -3.45. The van der Waals surface area contributed by atoms with Gasteiger partial charge in [0, 0.05) is 13.1 Å². The zero-order valence-electron chi connectivity index (χ0n) is 14.4. The average Bonchev–Trinajstić information content (AvgIpc) is 2.57. The lowest BCUT2D eigenvalue weighted by molar-refractivity contribution is -0.0557. The largest absolute Gasteiger partial charge is 0.368 e. The summed E-state index contributed by atoms with van der Waals surface area (Å²) in [6, 6.07) is 13.5. The van der Waals surface area contributed by atoms with Crippen LogP contribution in [-0.2, 0) is 20.5 Å². The normalized spacial score (nSPS) is 22.0. The summed E-state index contributed by atoms with van der Waals surface area (Å²) in [7, 11) is -3.45. The molecule has 0 amide bonds. The molecule has 0 N–H and O–H groups in total. The quantitative estimate of drug-likeness (QED) is 0.836. The molecule has 0 bridgehead atoms. The van der Waals surface area contributed by atoms with Crippen molar-refractivity contribution in [2.24, 2.45) is 0 Å². The fraction of sp³-hybridized carbons (Fsp3) is 0.368. The Labute approximate surface area is 148 Å². The first-order valence-corrected chi connectivity index (χ1v) is 9.89. The molecule has 0 spiro atoms. The van der Waals surface area contributed by atoms with Gasteiger partial charge in [-0.15, -0.1) is 0 Å². The Morgan fingerprint density at radius 2 is 1.72 bits per heavy atom. The Kier molecular flexibility index (Phi) is 5.22. The summed E-state index contributed by atoms with van der Waals surface area (Å²) in [6.45, 7) is 4.38. The smallest absolute Gasteiger partial charge is 0.218 e. The highest BCUT2D eigenvalue weighted by molar-refractivity contribution is 7.88. The highest BCUT2D eigenvalue weighted by Crippen LogP contribution is 2.28. The van der Waals surface area contributed by atoms with Crippen LogP contribution in [0.5, 0.6) is 0 Å². The van der Waals surface area contributed by atoms with Crippen LogP contribution in [-0.4, -0.2) is 31.9 Å². The Balaban J connectivity index is 1.78. The van der Waals surface area contributed by atoms with E-state index in [1.165, 1.54) is 16.4 Å². The predicted octanol–water partition coefficient (Wildman–Crippen LogP) is 3.43. The lowest BCUT2D eigenvalue weighted by atomic mass is 10.1. The number of benzene rings is 2. The van der Waals surface area contributed by atoms with Crippen LogP contribution in [0.1, 0.15) is 29.7 Å². The van der Waals surface area contributed by atoms with Crippen molar-refractivity contribution in [3.8, 4) is 0 Å². The fourth-order valence-corrected chi connectivity index (χ4v) is 4.58. The van der Waals surface area contributed by atoms with Crippen molar-refractivity contribution in [3.05, 3.63) is 71.0 Å². The summed E-state index contributed by atoms with van der Waals surface area (Å²) in [5, 5.41) is 0. The van der Waals surface area contributed by atoms with Gasteiger partial charge in [-0.05, 0) is 37.1 Å². The number of hydrogen-bond donors (Lipinski definition) is 0. The van der Waals surface area contributed by atoms with Crippen molar-refractivity contribution in [1.29, 1.82) is 0 Å². The Hall–Kier alpha value is -1.76. The molecule has 2 aromatic rings. The van der Waals surface area contributed by atoms with Crippen LogP contribution in [0.15, 0.2) is 48.5 Å². The molecule has 134 valence electrons. The number of nitrogens with zero attached hydrogens (tertiary/aromatic N) is 1. The molecule has 1 aliphatic heterocycles. The van der Waals surface area contributed by atoms with Crippen molar-refractivity contribution in [1.82, 2.24) is 4.31 Å². The maximum absolute atomic E-state index is 13.1. The molecule has 1 fully saturated rings. The van der Waals surface area contributed by atoms with E-state index in [0.29, 0.717) is 6.54 Å². The second-order valence-electron chi connectivity index (χ2n) is 6.55. The average molecular weight is 363 g/mol. The third kappa shape index (κ3) is 4.45. The van der Waals surface area contributed by atoms with Crippen molar-refractivity contribution >= 4 is 10.0 Å². The Morgan fingerprint density at radius 1 is 1.08 bits per heavy atom. The zero-order chi connectivity index (χ0) is 18.0. The molecule has 4 nitrogen and oxygen atoms in total. The van der Waals surface area contributed by atoms with E-state index in [9.17, 15) is 12.8 Å². The van der Waals surface area contributed by atoms with Gasteiger partial charge >= 0.3 is 0 Å². The SMILES string of the molecule is Cc1ccc(CS(=O)(=O)N2CC(C)OC(c3ccc(F)cc3)C2)cc1. The van der Waals surface area contributed by atoms with Gasteiger partial charge in [0.2, 0.25) is 10.0 Å². The fourth-order valence-electron chi connectivity index (χ4n) is 2.99. The van der Waals surface area contributed by atoms with Gasteiger partial charge in [-0.2, -0.15) is 4.31 Å². The van der Waals surface area contributed by atoms with E-state index < -0.39 is 16.1 Å². The van der Waals surface area contributed by atoms with Crippen LogP contribution < -0.4 is 0 Å². The minimum Gasteiger partial charge on any atom is -0.368 e. The van der Waals surface area contributed by atoms with Gasteiger partial charge in [0.05, 0.1) is 18.0 Å². The summed E-state index contributed by atoms with van der Waals surface area (Å²) in [5.74, 6) is -0.354. The Morgan fingerprint density at radius 3 is 2.36 bits per heavy atom. The lowest BCUT2D eigenvalue weighted by Gasteiger charge is -2.36. The van der Waals surface area contributed by atoms with Gasteiger partial charge in [-0.3, -0.25) is 0 Å². The highest BCUT2D eigenvalue weighted by atomic mass is 32.2. The Bertz CT molecular complexity index is 819. The van der Waals surface area contributed by atoms with Crippen LogP contribution in [0.4, 0.5) is 4.39 Å². The number of halogens is 1. The molecule has 0 radical (unpaired) electrons. The van der Waals surface area contributed by atoms with Crippen LogP contribution >= 0.6 is 0 Å². The van der Waals surface area contributed by atoms with Crippen LogP contribution in [0, 0.1) is 12.7 Å². The van der Waals surface area contributed by atoms with Crippen LogP contribution in [0.25, 0.3) is 0 Å². The van der Waals surface area contributed by atoms with E-state index in [0.717, 1.165) is 16.7 Å². The van der Waals surface area contributed by atoms with Crippen molar-refractivity contribution < 1.29 is 17.5 Å². The molecule has 2 atom stereocenters. The molecular weight excluding hydrogens is 341 g/mol. The van der Waals surface area contributed by atoms with E-state index in [1.807, 2.05) is 38.1 Å². The van der Waals surface area contributed by atoms with E-state index in [2.05, 4.69) is 0 Å². The zero-order valence-corrected chi connectivity index (χ0v) is 15.2. The van der Waals surface area contributed by atoms with Crippen molar-refractivity contribution in [2.45, 2.75) is 31.8 Å². The van der Waals surface area contributed by atoms with Crippen LogP contribution in [0.2, 0.25) is 0 Å². The highest BCUT2D eigenvalue weighted by Gasteiger charge is 2.33. The maximum Gasteiger partial charge on any atom is 0.218 e. The lowest BCUT2D eigenvalue weighted by Crippen LogP contribution is -2.46. The van der Waals surface area contributed by atoms with E-state index in [4.69, 9.17) is 4.74 Å². The van der Waals surface area contributed by atoms with Gasteiger partial charge in [0.25, 0.3) is 0 Å². The molecule has 2 aromatic carbocycles. The van der Waals surface area contributed by atoms with Gasteiger partial charge in [-0.1, -0.05) is 42.0 Å². The van der Waals surface area contributed by atoms with Crippen molar-refractivity contribution in [3.63, 3.8) is 0 Å². The second-order valence-corrected chi connectivity index (χ2v) is 8.51. The standard InChI is InChI=1S/C19H22FNO3S/c1-14-3-5-16(6-4-14)13-25(22,23)21-11-15(2)24-19(12-21)17-7-9-18(20)10-8-17/h3-10,15,19H,11-13H2,1-2H3. The van der Waals surface area contributed by atoms with E-state index in [1.54, 1.807) is 12.1 Å². The van der Waals surface area contributed by atoms with Gasteiger partial charge in [-0.25, -0.2) is 12.8 Å². The number of hydrogen-bond acceptors (Lipinski definition) is 3. The number of sulfonamides is 1. The monoisotopic (exact) mass is 363 g/mol. The third-order valence-corrected chi connectivity index (χ3v) is 6.11. The number of rotatable bonds is 4. The molecule has 3 rings (SSSR count). The van der Waals surface area contributed by atoms with Crippen molar-refractivity contribution in [2.75, 3.05) is 13.1 Å². The van der Waals surface area contributed by atoms with Crippen LogP contribution in [0.3, 0.4) is 0 Å². The third-order valence-electron chi connectivity index (χ3n) is 4.33. The first-order chi connectivity index (χ1) is 11.8. The molecule has 0 aliphatic carbocycles. The van der Waals surface area contributed by atoms with Gasteiger partial charge in [0.1, 0.15) is 5.82 Å². The van der Waals surface area contributed by atoms with Gasteiger partial charge in [0.15, 0.2) is 0 Å². The van der Waals surface area contributed by atoms with E-state index >= 15 is 0 Å². The molecule has 1 saturated heterocycles. The first-order valence-electron chi connectivity index (χ1n) is 8.28. The number of aryl methyl sites for hydroxylation is 1. The molecule has 6 heteroatoms. The molecule has 2 unspecified atom stereocenters. The molecular formula is C19H22FNO3S. The maximum atomic E-state index is 13.1. The molecule has 1 aliphatic rings. The molecule has 0 saturated carbocycles. The summed E-state index contributed by atoms with van der Waals surface area (Å²) in [6.07, 6.45) is -0.617. The number of ether oxygens (including phenoxy) is 1. The minimum absolute atomic E-state index is 0.0316. The predicted molar refractivity (Wildman–Crippen MR) is 95.1 cm³/mol. The molecule has 1 heterocycles. The summed E-state index contributed by atoms with van der Waals surface area (Å²) in [5.41, 5.74) is 2.64. The second kappa shape index (κ2) is 7.23. The molecule has 25 heavy (non-hydrogen) atoms. The first kappa shape index (κ1) is 18.0. The summed E-state index contributed by atoms with van der Waals surface area (Å²) in [4.78, 5) is 0. The summed E-state index contributed by atoms with van der Waals surface area (Å²) >= 11 is 0. The topological polar surface area (TPSA) is 46.6 Å². The summed E-state index contributed by atoms with van der Waals surface area (Å²) < 4.78 is 46.1.